The van der Waals surface area contributed by atoms with Crippen LogP contribution in [-0.4, -0.2) is 20.4 Å². The number of hydrogen-bond acceptors (Lipinski definition) is 3. The highest BCUT2D eigenvalue weighted by Gasteiger charge is 2.22. The molecule has 2 heterocycles. The zero-order chi connectivity index (χ0) is 12.7. The zero-order valence-corrected chi connectivity index (χ0v) is 10.8. The summed E-state index contributed by atoms with van der Waals surface area (Å²) in [6, 6.07) is 4.94. The number of aliphatic hydroxyl groups is 1. The number of imidazole rings is 1. The van der Waals surface area contributed by atoms with Gasteiger partial charge in [-0.2, -0.15) is 0 Å². The van der Waals surface area contributed by atoms with Crippen LogP contribution >= 0.6 is 11.8 Å². The molecule has 0 radical (unpaired) electrons. The van der Waals surface area contributed by atoms with Crippen LogP contribution < -0.4 is 0 Å². The van der Waals surface area contributed by atoms with E-state index in [9.17, 15) is 9.50 Å². The van der Waals surface area contributed by atoms with Gasteiger partial charge in [-0.15, -0.1) is 0 Å². The maximum atomic E-state index is 13.3. The van der Waals surface area contributed by atoms with Crippen molar-refractivity contribution in [3.63, 3.8) is 0 Å². The molecule has 0 fully saturated rings. The predicted octanol–water partition coefficient (Wildman–Crippen LogP) is 2.60. The Morgan fingerprint density at radius 2 is 2.33 bits per heavy atom. The lowest BCUT2D eigenvalue weighted by Gasteiger charge is -2.05. The molecule has 0 aliphatic carbocycles. The second-order valence-electron chi connectivity index (χ2n) is 4.31. The number of aryl methyl sites for hydroxylation is 1. The normalized spacial score (nSPS) is 13.9. The van der Waals surface area contributed by atoms with E-state index in [1.807, 2.05) is 4.57 Å². The highest BCUT2D eigenvalue weighted by molar-refractivity contribution is 7.99. The van der Waals surface area contributed by atoms with Gasteiger partial charge in [-0.05, 0) is 30.7 Å². The molecule has 0 saturated carbocycles. The van der Waals surface area contributed by atoms with Gasteiger partial charge in [-0.3, -0.25) is 0 Å². The van der Waals surface area contributed by atoms with Gasteiger partial charge in [0.1, 0.15) is 5.82 Å². The molecule has 1 aromatic carbocycles. The second-order valence-corrected chi connectivity index (χ2v) is 5.37. The fourth-order valence-corrected chi connectivity index (χ4v) is 3.19. The van der Waals surface area contributed by atoms with E-state index in [0.29, 0.717) is 5.56 Å². The van der Waals surface area contributed by atoms with Crippen LogP contribution in [-0.2, 0) is 13.2 Å². The minimum Gasteiger partial charge on any atom is -0.390 e. The second kappa shape index (κ2) is 4.40. The van der Waals surface area contributed by atoms with Crippen molar-refractivity contribution in [2.24, 2.45) is 0 Å². The van der Waals surface area contributed by atoms with Crippen molar-refractivity contribution in [1.29, 1.82) is 0 Å². The summed E-state index contributed by atoms with van der Waals surface area (Å²) in [5.74, 6) is 0.781. The SMILES string of the molecule is Cc1cc(-c2nc3n(c2CO)CCS3)ccc1F. The minimum absolute atomic E-state index is 0.0423. The smallest absolute Gasteiger partial charge is 0.168 e. The van der Waals surface area contributed by atoms with Crippen molar-refractivity contribution >= 4 is 11.8 Å². The van der Waals surface area contributed by atoms with Gasteiger partial charge in [0, 0.05) is 17.9 Å². The molecule has 0 atom stereocenters. The molecule has 2 aromatic rings. The van der Waals surface area contributed by atoms with Crippen LogP contribution in [0.25, 0.3) is 11.3 Å². The van der Waals surface area contributed by atoms with E-state index in [1.54, 1.807) is 30.8 Å². The van der Waals surface area contributed by atoms with Crippen molar-refractivity contribution < 1.29 is 9.50 Å². The van der Waals surface area contributed by atoms with Gasteiger partial charge < -0.3 is 9.67 Å². The van der Waals surface area contributed by atoms with Gasteiger partial charge in [0.15, 0.2) is 5.16 Å². The lowest BCUT2D eigenvalue weighted by atomic mass is 10.1. The van der Waals surface area contributed by atoms with E-state index in [0.717, 1.165) is 34.4 Å². The Hall–Kier alpha value is -1.33. The van der Waals surface area contributed by atoms with Crippen LogP contribution in [0, 0.1) is 12.7 Å². The summed E-state index contributed by atoms with van der Waals surface area (Å²) in [5.41, 5.74) is 3.04. The van der Waals surface area contributed by atoms with Crippen molar-refractivity contribution in [2.75, 3.05) is 5.75 Å². The molecule has 0 amide bonds. The van der Waals surface area contributed by atoms with E-state index in [-0.39, 0.29) is 12.4 Å². The van der Waals surface area contributed by atoms with Crippen LogP contribution in [0.2, 0.25) is 0 Å². The summed E-state index contributed by atoms with van der Waals surface area (Å²) in [5, 5.41) is 10.5. The lowest BCUT2D eigenvalue weighted by Crippen LogP contribution is -2.01. The average molecular weight is 264 g/mol. The number of fused-ring (bicyclic) bond motifs is 1. The summed E-state index contributed by atoms with van der Waals surface area (Å²) in [7, 11) is 0. The van der Waals surface area contributed by atoms with Crippen LogP contribution in [0.15, 0.2) is 23.4 Å². The van der Waals surface area contributed by atoms with Crippen molar-refractivity contribution in [3.8, 4) is 11.3 Å². The van der Waals surface area contributed by atoms with Crippen LogP contribution in [0.1, 0.15) is 11.3 Å². The molecule has 18 heavy (non-hydrogen) atoms. The molecule has 94 valence electrons. The van der Waals surface area contributed by atoms with E-state index >= 15 is 0 Å². The van der Waals surface area contributed by atoms with Gasteiger partial charge >= 0.3 is 0 Å². The first-order valence-corrected chi connectivity index (χ1v) is 6.79. The first kappa shape index (κ1) is 11.7. The molecule has 3 rings (SSSR count). The number of nitrogens with zero attached hydrogens (tertiary/aromatic N) is 2. The van der Waals surface area contributed by atoms with Crippen molar-refractivity contribution in [1.82, 2.24) is 9.55 Å². The molecular weight excluding hydrogens is 251 g/mol. The van der Waals surface area contributed by atoms with E-state index in [4.69, 9.17) is 0 Å². The standard InChI is InChI=1S/C13H13FN2OS/c1-8-6-9(2-3-10(8)14)12-11(7-17)16-4-5-18-13(16)15-12/h2-3,6,17H,4-5,7H2,1H3. The molecule has 0 unspecified atom stereocenters. The number of aromatic nitrogens is 2. The molecule has 0 spiro atoms. The minimum atomic E-state index is -0.217. The Morgan fingerprint density at radius 3 is 3.06 bits per heavy atom. The fourth-order valence-electron chi connectivity index (χ4n) is 2.22. The predicted molar refractivity (Wildman–Crippen MR) is 69.0 cm³/mol. The Bertz CT molecular complexity index is 609. The summed E-state index contributed by atoms with van der Waals surface area (Å²) in [6.07, 6.45) is 0. The number of thioether (sulfide) groups is 1. The number of halogens is 1. The first-order valence-electron chi connectivity index (χ1n) is 5.80. The van der Waals surface area contributed by atoms with Crippen LogP contribution in [0.3, 0.4) is 0 Å². The monoisotopic (exact) mass is 264 g/mol. The quantitative estimate of drug-likeness (QED) is 0.906. The largest absolute Gasteiger partial charge is 0.390 e. The summed E-state index contributed by atoms with van der Waals surface area (Å²) in [6.45, 7) is 2.57. The maximum absolute atomic E-state index is 13.3. The molecule has 1 aromatic heterocycles. The molecular formula is C13H13FN2OS. The molecule has 5 heteroatoms. The van der Waals surface area contributed by atoms with E-state index < -0.39 is 0 Å². The molecule has 1 N–H and O–H groups in total. The van der Waals surface area contributed by atoms with E-state index in [2.05, 4.69) is 4.98 Å². The summed E-state index contributed by atoms with van der Waals surface area (Å²) >= 11 is 1.69. The lowest BCUT2D eigenvalue weighted by molar-refractivity contribution is 0.271. The molecule has 0 saturated heterocycles. The summed E-state index contributed by atoms with van der Waals surface area (Å²) < 4.78 is 15.3. The summed E-state index contributed by atoms with van der Waals surface area (Å²) in [4.78, 5) is 4.55. The van der Waals surface area contributed by atoms with Crippen LogP contribution in [0.5, 0.6) is 0 Å². The first-order chi connectivity index (χ1) is 8.70. The number of benzene rings is 1. The van der Waals surface area contributed by atoms with Gasteiger partial charge in [-0.1, -0.05) is 11.8 Å². The zero-order valence-electron chi connectivity index (χ0n) is 9.98. The number of aliphatic hydroxyl groups excluding tert-OH is 1. The third kappa shape index (κ3) is 1.74. The molecule has 1 aliphatic heterocycles. The highest BCUT2D eigenvalue weighted by atomic mass is 32.2. The molecule has 0 bridgehead atoms. The van der Waals surface area contributed by atoms with E-state index in [1.165, 1.54) is 6.07 Å². The number of hydrogen-bond donors (Lipinski definition) is 1. The molecule has 1 aliphatic rings. The fraction of sp³-hybridized carbons (Fsp3) is 0.308. The average Bonchev–Trinajstić information content (AvgIpc) is 2.92. The topological polar surface area (TPSA) is 38.0 Å². The van der Waals surface area contributed by atoms with Gasteiger partial charge in [-0.25, -0.2) is 9.37 Å². The Balaban J connectivity index is 2.14. The highest BCUT2D eigenvalue weighted by Crippen LogP contribution is 2.33. The van der Waals surface area contributed by atoms with Crippen molar-refractivity contribution in [3.05, 3.63) is 35.3 Å². The van der Waals surface area contributed by atoms with Crippen molar-refractivity contribution in [2.45, 2.75) is 25.2 Å². The van der Waals surface area contributed by atoms with Gasteiger partial charge in [0.05, 0.1) is 18.0 Å². The Labute approximate surface area is 109 Å². The van der Waals surface area contributed by atoms with Crippen LogP contribution in [0.4, 0.5) is 4.39 Å². The Kier molecular flexibility index (Phi) is 2.87. The third-order valence-electron chi connectivity index (χ3n) is 3.16. The maximum Gasteiger partial charge on any atom is 0.168 e. The van der Waals surface area contributed by atoms with Gasteiger partial charge in [0.2, 0.25) is 0 Å². The Morgan fingerprint density at radius 1 is 1.50 bits per heavy atom. The third-order valence-corrected chi connectivity index (χ3v) is 4.12. The van der Waals surface area contributed by atoms with Gasteiger partial charge in [0.25, 0.3) is 0 Å². The number of rotatable bonds is 2. The molecule has 3 nitrogen and oxygen atoms in total.